The molecule has 42 heavy (non-hydrogen) atoms. The highest BCUT2D eigenvalue weighted by molar-refractivity contribution is 7.80. The van der Waals surface area contributed by atoms with Gasteiger partial charge in [0.15, 0.2) is 21.7 Å². The number of rotatable bonds is 4. The van der Waals surface area contributed by atoms with Crippen LogP contribution in [0.4, 0.5) is 30.2 Å². The minimum absolute atomic E-state index is 0.0392. The zero-order valence-electron chi connectivity index (χ0n) is 21.6. The normalized spacial score (nSPS) is 13.4. The summed E-state index contributed by atoms with van der Waals surface area (Å²) in [5.74, 6) is -0.286. The summed E-state index contributed by atoms with van der Waals surface area (Å²) in [6, 6.07) is 10.6. The maximum absolute atomic E-state index is 12.5. The molecule has 1 aliphatic carbocycles. The Morgan fingerprint density at radius 1 is 0.714 bits per heavy atom. The number of hydrogen-bond acceptors (Lipinski definition) is 4. The molecule has 6 N–H and O–H groups in total. The molecule has 3 aromatic rings. The molecular weight excluding hydrogens is 675 g/mol. The molecule has 0 aliphatic heterocycles. The second-order valence-corrected chi connectivity index (χ2v) is 11.7. The molecule has 0 aromatic heterocycles. The fourth-order valence-electron chi connectivity index (χ4n) is 3.94. The highest BCUT2D eigenvalue weighted by Gasteiger charge is 2.30. The van der Waals surface area contributed by atoms with E-state index >= 15 is 0 Å². The quantitative estimate of drug-likeness (QED) is 0.119. The van der Waals surface area contributed by atoms with E-state index in [1.165, 1.54) is 49.6 Å². The lowest BCUT2D eigenvalue weighted by Gasteiger charge is -2.24. The molecule has 4 rings (SSSR count). The van der Waals surface area contributed by atoms with Crippen molar-refractivity contribution in [2.75, 3.05) is 16.0 Å². The van der Waals surface area contributed by atoms with Gasteiger partial charge in [0.1, 0.15) is 0 Å². The van der Waals surface area contributed by atoms with E-state index in [2.05, 4.69) is 21.3 Å². The lowest BCUT2D eigenvalue weighted by Crippen LogP contribution is -2.38. The van der Waals surface area contributed by atoms with E-state index in [0.29, 0.717) is 27.6 Å². The first-order chi connectivity index (χ1) is 19.7. The average molecular weight is 700 g/mol. The summed E-state index contributed by atoms with van der Waals surface area (Å²) in [6.07, 6.45) is 1.61. The number of alkyl halides is 3. The summed E-state index contributed by atoms with van der Waals surface area (Å²) < 4.78 is 37.4. The Bertz CT molecular complexity index is 1420. The predicted molar refractivity (Wildman–Crippen MR) is 174 cm³/mol. The molecule has 0 amide bonds. The number of anilines is 3. The Kier molecular flexibility index (Phi) is 12.5. The molecule has 0 unspecified atom stereocenters. The maximum atomic E-state index is 12.5. The molecule has 0 radical (unpaired) electrons. The molecule has 15 heteroatoms. The van der Waals surface area contributed by atoms with E-state index in [9.17, 15) is 23.4 Å². The monoisotopic (exact) mass is 698 g/mol. The molecular formula is C27H25Cl4F3N4O2S2. The van der Waals surface area contributed by atoms with Crippen LogP contribution in [-0.4, -0.2) is 26.5 Å². The molecule has 3 aromatic carbocycles. The van der Waals surface area contributed by atoms with Crippen LogP contribution in [0.5, 0.6) is 11.5 Å². The van der Waals surface area contributed by atoms with Gasteiger partial charge in [0.2, 0.25) is 0 Å². The smallest absolute Gasteiger partial charge is 0.416 e. The maximum Gasteiger partial charge on any atom is 0.416 e. The zero-order valence-corrected chi connectivity index (χ0v) is 26.2. The summed E-state index contributed by atoms with van der Waals surface area (Å²) >= 11 is 33.6. The third-order valence-electron chi connectivity index (χ3n) is 5.96. The van der Waals surface area contributed by atoms with Crippen molar-refractivity contribution in [1.82, 2.24) is 5.32 Å². The van der Waals surface area contributed by atoms with Gasteiger partial charge in [-0.25, -0.2) is 0 Å². The van der Waals surface area contributed by atoms with Gasteiger partial charge in [-0.05, 0) is 85.8 Å². The van der Waals surface area contributed by atoms with Crippen LogP contribution in [0.3, 0.4) is 0 Å². The van der Waals surface area contributed by atoms with Crippen LogP contribution in [0.2, 0.25) is 20.1 Å². The van der Waals surface area contributed by atoms with Crippen molar-refractivity contribution < 1.29 is 23.4 Å². The van der Waals surface area contributed by atoms with Gasteiger partial charge in [-0.2, -0.15) is 13.2 Å². The first kappa shape index (κ1) is 34.1. The lowest BCUT2D eigenvalue weighted by atomic mass is 9.96. The molecule has 0 atom stereocenters. The molecule has 1 aliphatic rings. The third kappa shape index (κ3) is 10.4. The Balaban J connectivity index is 0.000000235. The standard InChI is InChI=1S/C14H9Cl2F3N2OS.C13H16Cl2N2OS/c15-8-5-10(16)12(22)11(6-8)21-13(23)20-9-3-1-7(2-4-9)14(17,18)19;14-8-6-10(15)12(18)11(7-8)17-13(19)16-9-4-2-1-3-5-9/h1-6,22H,(H2,20,21,23);6-7,9,18H,1-5H2,(H2,16,17,19). The van der Waals surface area contributed by atoms with Gasteiger partial charge in [-0.15, -0.1) is 0 Å². The minimum atomic E-state index is -4.40. The third-order valence-corrected chi connectivity index (χ3v) is 7.40. The fraction of sp³-hybridized carbons (Fsp3) is 0.259. The van der Waals surface area contributed by atoms with Gasteiger partial charge in [0.05, 0.1) is 27.0 Å². The highest BCUT2D eigenvalue weighted by Crippen LogP contribution is 2.36. The van der Waals surface area contributed by atoms with Gasteiger partial charge in [-0.3, -0.25) is 0 Å². The Hall–Kier alpha value is -2.41. The van der Waals surface area contributed by atoms with Crippen LogP contribution in [0, 0.1) is 0 Å². The van der Waals surface area contributed by atoms with Crippen LogP contribution in [-0.2, 0) is 6.18 Å². The first-order valence-electron chi connectivity index (χ1n) is 12.4. The number of aromatic hydroxyl groups is 2. The van der Waals surface area contributed by atoms with Crippen LogP contribution < -0.4 is 21.3 Å². The summed E-state index contributed by atoms with van der Waals surface area (Å²) in [5.41, 5.74) is 0.182. The van der Waals surface area contributed by atoms with Crippen LogP contribution in [0.1, 0.15) is 37.7 Å². The summed E-state index contributed by atoms with van der Waals surface area (Å²) in [7, 11) is 0. The van der Waals surface area contributed by atoms with Crippen molar-refractivity contribution in [3.8, 4) is 11.5 Å². The zero-order chi connectivity index (χ0) is 31.0. The number of benzene rings is 3. The molecule has 0 bridgehead atoms. The van der Waals surface area contributed by atoms with Gasteiger partial charge in [-0.1, -0.05) is 65.7 Å². The Morgan fingerprint density at radius 3 is 1.67 bits per heavy atom. The van der Waals surface area contributed by atoms with Crippen LogP contribution in [0.15, 0.2) is 48.5 Å². The molecule has 0 heterocycles. The van der Waals surface area contributed by atoms with Crippen molar-refractivity contribution in [2.45, 2.75) is 44.3 Å². The van der Waals surface area contributed by atoms with E-state index in [1.54, 1.807) is 6.07 Å². The summed E-state index contributed by atoms with van der Waals surface area (Å²) in [6.45, 7) is 0. The van der Waals surface area contributed by atoms with E-state index in [1.807, 2.05) is 0 Å². The molecule has 1 saturated carbocycles. The number of phenols is 2. The molecule has 0 saturated heterocycles. The van der Waals surface area contributed by atoms with E-state index < -0.39 is 11.7 Å². The van der Waals surface area contributed by atoms with E-state index in [4.69, 9.17) is 70.8 Å². The highest BCUT2D eigenvalue weighted by atomic mass is 35.5. The number of phenolic OH excluding ortho intramolecular Hbond substituents is 2. The van der Waals surface area contributed by atoms with E-state index in [0.717, 1.165) is 25.0 Å². The summed E-state index contributed by atoms with van der Waals surface area (Å²) in [5, 5.41) is 32.7. The second-order valence-electron chi connectivity index (χ2n) is 9.16. The fourth-order valence-corrected chi connectivity index (χ4v) is 5.43. The minimum Gasteiger partial charge on any atom is -0.504 e. The second kappa shape index (κ2) is 15.4. The molecule has 6 nitrogen and oxygen atoms in total. The first-order valence-corrected chi connectivity index (χ1v) is 14.7. The number of nitrogens with one attached hydrogen (secondary N) is 4. The Morgan fingerprint density at radius 2 is 1.19 bits per heavy atom. The molecule has 1 fully saturated rings. The largest absolute Gasteiger partial charge is 0.504 e. The molecule has 0 spiro atoms. The van der Waals surface area contributed by atoms with Crippen LogP contribution >= 0.6 is 70.8 Å². The van der Waals surface area contributed by atoms with Crippen molar-refractivity contribution in [2.24, 2.45) is 0 Å². The lowest BCUT2D eigenvalue weighted by molar-refractivity contribution is -0.137. The van der Waals surface area contributed by atoms with Crippen molar-refractivity contribution in [3.05, 3.63) is 74.2 Å². The predicted octanol–water partition coefficient (Wildman–Crippen LogP) is 9.84. The number of halogens is 7. The Labute approximate surface area is 271 Å². The number of hydrogen-bond donors (Lipinski definition) is 6. The SMILES string of the molecule is Oc1c(Cl)cc(Cl)cc1NC(=S)NC1CCCCC1.Oc1c(Cl)cc(Cl)cc1NC(=S)Nc1ccc(C(F)(F)F)cc1. The summed E-state index contributed by atoms with van der Waals surface area (Å²) in [4.78, 5) is 0. The van der Waals surface area contributed by atoms with Crippen molar-refractivity contribution >= 4 is 98.1 Å². The van der Waals surface area contributed by atoms with Crippen molar-refractivity contribution in [1.29, 1.82) is 0 Å². The van der Waals surface area contributed by atoms with Gasteiger partial charge in [0, 0.05) is 21.8 Å². The molecule has 226 valence electrons. The average Bonchev–Trinajstić information content (AvgIpc) is 2.90. The van der Waals surface area contributed by atoms with Gasteiger partial charge in [0.25, 0.3) is 0 Å². The number of thiocarbonyl (C=S) groups is 2. The van der Waals surface area contributed by atoms with Gasteiger partial charge >= 0.3 is 6.18 Å². The van der Waals surface area contributed by atoms with E-state index in [-0.39, 0.29) is 37.4 Å². The van der Waals surface area contributed by atoms with Gasteiger partial charge < -0.3 is 31.5 Å². The van der Waals surface area contributed by atoms with Crippen molar-refractivity contribution in [3.63, 3.8) is 0 Å². The van der Waals surface area contributed by atoms with Crippen LogP contribution in [0.25, 0.3) is 0 Å². The topological polar surface area (TPSA) is 88.6 Å².